The highest BCUT2D eigenvalue weighted by molar-refractivity contribution is 5.52. The highest BCUT2D eigenvalue weighted by Crippen LogP contribution is 2.31. The summed E-state index contributed by atoms with van der Waals surface area (Å²) in [7, 11) is 0. The number of rotatable bonds is 1. The number of nitrogens with zero attached hydrogens (tertiary/aromatic N) is 1. The van der Waals surface area contributed by atoms with E-state index in [1.165, 1.54) is 29.7 Å². The summed E-state index contributed by atoms with van der Waals surface area (Å²) in [6.45, 7) is 4.42. The lowest BCUT2D eigenvalue weighted by Gasteiger charge is -2.31. The van der Waals surface area contributed by atoms with E-state index in [9.17, 15) is 0 Å². The summed E-state index contributed by atoms with van der Waals surface area (Å²) in [6.07, 6.45) is 3.57. The molecule has 1 heterocycles. The van der Waals surface area contributed by atoms with Gasteiger partial charge in [-0.15, -0.1) is 0 Å². The van der Waals surface area contributed by atoms with Crippen LogP contribution >= 0.6 is 0 Å². The number of nitrogens with one attached hydrogen (secondary N) is 1. The first-order chi connectivity index (χ1) is 8.34. The SMILES string of the molecule is NC1CCCc2cc(N3CCNCC3)ccc21. The van der Waals surface area contributed by atoms with Crippen LogP contribution < -0.4 is 16.0 Å². The van der Waals surface area contributed by atoms with Crippen molar-refractivity contribution in [2.45, 2.75) is 25.3 Å². The summed E-state index contributed by atoms with van der Waals surface area (Å²) in [5.41, 5.74) is 10.4. The lowest BCUT2D eigenvalue weighted by atomic mass is 9.88. The van der Waals surface area contributed by atoms with E-state index in [2.05, 4.69) is 28.4 Å². The lowest BCUT2D eigenvalue weighted by molar-refractivity contribution is 0.567. The molecular formula is C14H21N3. The highest BCUT2D eigenvalue weighted by Gasteiger charge is 2.18. The smallest absolute Gasteiger partial charge is 0.0370 e. The molecule has 3 heteroatoms. The molecule has 1 fully saturated rings. The van der Waals surface area contributed by atoms with Crippen molar-refractivity contribution in [3.05, 3.63) is 29.3 Å². The number of piperazine rings is 1. The average Bonchev–Trinajstić information content (AvgIpc) is 2.40. The molecule has 1 aliphatic heterocycles. The van der Waals surface area contributed by atoms with Crippen LogP contribution in [0.2, 0.25) is 0 Å². The maximum atomic E-state index is 6.15. The van der Waals surface area contributed by atoms with Crippen molar-refractivity contribution in [3.8, 4) is 0 Å². The molecule has 1 aromatic rings. The summed E-state index contributed by atoms with van der Waals surface area (Å²) < 4.78 is 0. The van der Waals surface area contributed by atoms with Gasteiger partial charge in [-0.3, -0.25) is 0 Å². The Bertz CT molecular complexity index is 396. The summed E-state index contributed by atoms with van der Waals surface area (Å²) in [4.78, 5) is 2.47. The van der Waals surface area contributed by atoms with Gasteiger partial charge in [-0.2, -0.15) is 0 Å². The minimum absolute atomic E-state index is 0.260. The number of fused-ring (bicyclic) bond motifs is 1. The highest BCUT2D eigenvalue weighted by atomic mass is 15.2. The van der Waals surface area contributed by atoms with Crippen molar-refractivity contribution in [2.24, 2.45) is 5.73 Å². The standard InChI is InChI=1S/C14H21N3/c15-14-3-1-2-11-10-12(4-5-13(11)14)17-8-6-16-7-9-17/h4-5,10,14,16H,1-3,6-9,15H2. The Morgan fingerprint density at radius 1 is 1.24 bits per heavy atom. The summed E-state index contributed by atoms with van der Waals surface area (Å²) in [5, 5.41) is 3.39. The van der Waals surface area contributed by atoms with E-state index in [1.54, 1.807) is 0 Å². The summed E-state index contributed by atoms with van der Waals surface area (Å²) in [5.74, 6) is 0. The van der Waals surface area contributed by atoms with E-state index in [4.69, 9.17) is 5.73 Å². The quantitative estimate of drug-likeness (QED) is 0.768. The van der Waals surface area contributed by atoms with E-state index < -0.39 is 0 Å². The molecule has 1 aromatic carbocycles. The second kappa shape index (κ2) is 4.67. The first-order valence-electron chi connectivity index (χ1n) is 6.69. The van der Waals surface area contributed by atoms with Crippen LogP contribution in [0.15, 0.2) is 18.2 Å². The largest absolute Gasteiger partial charge is 0.369 e. The van der Waals surface area contributed by atoms with Gasteiger partial charge < -0.3 is 16.0 Å². The Hall–Kier alpha value is -1.06. The van der Waals surface area contributed by atoms with Crippen LogP contribution in [0.25, 0.3) is 0 Å². The number of nitrogens with two attached hydrogens (primary N) is 1. The maximum absolute atomic E-state index is 6.15. The van der Waals surface area contributed by atoms with Crippen LogP contribution in [0.3, 0.4) is 0 Å². The molecule has 1 saturated heterocycles. The molecule has 0 bridgehead atoms. The van der Waals surface area contributed by atoms with Gasteiger partial charge in [0.05, 0.1) is 0 Å². The zero-order valence-corrected chi connectivity index (χ0v) is 10.3. The molecule has 1 unspecified atom stereocenters. The molecule has 3 rings (SSSR count). The molecule has 0 saturated carbocycles. The number of hydrogen-bond acceptors (Lipinski definition) is 3. The van der Waals surface area contributed by atoms with E-state index in [-0.39, 0.29) is 6.04 Å². The van der Waals surface area contributed by atoms with Crippen molar-refractivity contribution < 1.29 is 0 Å². The number of anilines is 1. The summed E-state index contributed by atoms with van der Waals surface area (Å²) >= 11 is 0. The Kier molecular flexibility index (Phi) is 3.04. The molecule has 0 radical (unpaired) electrons. The van der Waals surface area contributed by atoms with Gasteiger partial charge in [0.1, 0.15) is 0 Å². The fourth-order valence-corrected chi connectivity index (χ4v) is 2.96. The molecule has 92 valence electrons. The lowest BCUT2D eigenvalue weighted by Crippen LogP contribution is -2.43. The van der Waals surface area contributed by atoms with Crippen LogP contribution in [0.1, 0.15) is 30.0 Å². The number of hydrogen-bond donors (Lipinski definition) is 2. The van der Waals surface area contributed by atoms with Gasteiger partial charge >= 0.3 is 0 Å². The van der Waals surface area contributed by atoms with Crippen molar-refractivity contribution in [3.63, 3.8) is 0 Å². The molecule has 1 atom stereocenters. The third-order valence-corrected chi connectivity index (χ3v) is 3.97. The molecule has 2 aliphatic rings. The van der Waals surface area contributed by atoms with E-state index in [0.717, 1.165) is 32.6 Å². The van der Waals surface area contributed by atoms with Gasteiger partial charge in [0, 0.05) is 37.9 Å². The first-order valence-corrected chi connectivity index (χ1v) is 6.69. The Balaban J connectivity index is 1.86. The van der Waals surface area contributed by atoms with Crippen molar-refractivity contribution >= 4 is 5.69 Å². The Morgan fingerprint density at radius 3 is 2.88 bits per heavy atom. The van der Waals surface area contributed by atoms with Gasteiger partial charge in [0.25, 0.3) is 0 Å². The van der Waals surface area contributed by atoms with E-state index >= 15 is 0 Å². The minimum atomic E-state index is 0.260. The zero-order valence-electron chi connectivity index (χ0n) is 10.3. The fraction of sp³-hybridized carbons (Fsp3) is 0.571. The topological polar surface area (TPSA) is 41.3 Å². The molecule has 3 nitrogen and oxygen atoms in total. The molecular weight excluding hydrogens is 210 g/mol. The van der Waals surface area contributed by atoms with Crippen molar-refractivity contribution in [1.29, 1.82) is 0 Å². The first kappa shape index (κ1) is 11.1. The molecule has 3 N–H and O–H groups in total. The third kappa shape index (κ3) is 2.17. The number of benzene rings is 1. The van der Waals surface area contributed by atoms with Gasteiger partial charge in [-0.1, -0.05) is 6.07 Å². The monoisotopic (exact) mass is 231 g/mol. The predicted octanol–water partition coefficient (Wildman–Crippen LogP) is 1.43. The number of aryl methyl sites for hydroxylation is 1. The van der Waals surface area contributed by atoms with Crippen LogP contribution in [0.4, 0.5) is 5.69 Å². The molecule has 0 spiro atoms. The van der Waals surface area contributed by atoms with E-state index in [0.29, 0.717) is 0 Å². The Labute approximate surface area is 103 Å². The van der Waals surface area contributed by atoms with Gasteiger partial charge in [0.2, 0.25) is 0 Å². The van der Waals surface area contributed by atoms with E-state index in [1.807, 2.05) is 0 Å². The van der Waals surface area contributed by atoms with Crippen LogP contribution in [0.5, 0.6) is 0 Å². The van der Waals surface area contributed by atoms with Crippen molar-refractivity contribution in [1.82, 2.24) is 5.32 Å². The van der Waals surface area contributed by atoms with Gasteiger partial charge in [-0.25, -0.2) is 0 Å². The maximum Gasteiger partial charge on any atom is 0.0370 e. The molecule has 0 aromatic heterocycles. The second-order valence-corrected chi connectivity index (χ2v) is 5.12. The molecule has 0 amide bonds. The van der Waals surface area contributed by atoms with Crippen molar-refractivity contribution in [2.75, 3.05) is 31.1 Å². The molecule has 17 heavy (non-hydrogen) atoms. The third-order valence-electron chi connectivity index (χ3n) is 3.97. The summed E-state index contributed by atoms with van der Waals surface area (Å²) in [6, 6.07) is 7.11. The minimum Gasteiger partial charge on any atom is -0.369 e. The van der Waals surface area contributed by atoms with Gasteiger partial charge in [0.15, 0.2) is 0 Å². The van der Waals surface area contributed by atoms with Crippen LogP contribution in [-0.4, -0.2) is 26.2 Å². The van der Waals surface area contributed by atoms with Crippen LogP contribution in [-0.2, 0) is 6.42 Å². The molecule has 1 aliphatic carbocycles. The van der Waals surface area contributed by atoms with Gasteiger partial charge in [-0.05, 0) is 42.5 Å². The second-order valence-electron chi connectivity index (χ2n) is 5.12. The fourth-order valence-electron chi connectivity index (χ4n) is 2.96. The predicted molar refractivity (Wildman–Crippen MR) is 71.4 cm³/mol. The zero-order chi connectivity index (χ0) is 11.7. The normalized spacial score (nSPS) is 24.5. The Morgan fingerprint density at radius 2 is 2.06 bits per heavy atom. The van der Waals surface area contributed by atoms with Crippen LogP contribution in [0, 0.1) is 0 Å². The average molecular weight is 231 g/mol.